The van der Waals surface area contributed by atoms with Crippen LogP contribution in [0.1, 0.15) is 13.8 Å². The van der Waals surface area contributed by atoms with E-state index in [2.05, 4.69) is 30.9 Å². The Morgan fingerprint density at radius 2 is 2.39 bits per heavy atom. The highest BCUT2D eigenvalue weighted by molar-refractivity contribution is 9.10. The molecule has 0 radical (unpaired) electrons. The number of H-pyrrole nitrogens is 1. The van der Waals surface area contributed by atoms with Crippen molar-refractivity contribution in [2.75, 3.05) is 5.75 Å². The largest absolute Gasteiger partial charge is 0.462 e. The van der Waals surface area contributed by atoms with Crippen LogP contribution in [0, 0.1) is 0 Å². The fourth-order valence-electron chi connectivity index (χ4n) is 1.35. The predicted molar refractivity (Wildman–Crippen MR) is 73.5 cm³/mol. The van der Waals surface area contributed by atoms with E-state index in [9.17, 15) is 4.79 Å². The molecule has 2 heterocycles. The van der Waals surface area contributed by atoms with Crippen molar-refractivity contribution in [3.8, 4) is 0 Å². The molecule has 0 bridgehead atoms. The molecule has 18 heavy (non-hydrogen) atoms. The molecule has 0 saturated carbocycles. The molecule has 0 aliphatic heterocycles. The highest BCUT2D eigenvalue weighted by Gasteiger charge is 2.09. The second-order valence-electron chi connectivity index (χ2n) is 3.89. The maximum absolute atomic E-state index is 11.4. The highest BCUT2D eigenvalue weighted by Crippen LogP contribution is 2.20. The summed E-state index contributed by atoms with van der Waals surface area (Å²) in [5.74, 6) is -0.0105. The first-order valence-electron chi connectivity index (χ1n) is 5.38. The third-order valence-electron chi connectivity index (χ3n) is 1.98. The van der Waals surface area contributed by atoms with Crippen molar-refractivity contribution in [1.82, 2.24) is 15.0 Å². The smallest absolute Gasteiger partial charge is 0.316 e. The lowest BCUT2D eigenvalue weighted by molar-refractivity contribution is -0.144. The number of aromatic nitrogens is 3. The number of carbonyl (C=O) groups excluding carboxylic acids is 1. The van der Waals surface area contributed by atoms with Crippen LogP contribution in [0.5, 0.6) is 0 Å². The molecule has 2 aromatic heterocycles. The molecule has 5 nitrogen and oxygen atoms in total. The Labute approximate surface area is 117 Å². The minimum atomic E-state index is -0.246. The van der Waals surface area contributed by atoms with Crippen molar-refractivity contribution in [2.45, 2.75) is 25.1 Å². The minimum Gasteiger partial charge on any atom is -0.462 e. The molecule has 0 aliphatic rings. The topological polar surface area (TPSA) is 67.9 Å². The summed E-state index contributed by atoms with van der Waals surface area (Å²) in [6.45, 7) is 3.65. The molecule has 0 saturated heterocycles. The number of halogens is 1. The number of aromatic amines is 1. The van der Waals surface area contributed by atoms with Crippen LogP contribution >= 0.6 is 27.7 Å². The summed E-state index contributed by atoms with van der Waals surface area (Å²) in [6, 6.07) is 1.89. The van der Waals surface area contributed by atoms with Crippen LogP contribution in [0.2, 0.25) is 0 Å². The van der Waals surface area contributed by atoms with Crippen LogP contribution in [0.25, 0.3) is 11.2 Å². The van der Waals surface area contributed by atoms with E-state index in [0.29, 0.717) is 10.8 Å². The summed E-state index contributed by atoms with van der Waals surface area (Å²) >= 11 is 4.65. The highest BCUT2D eigenvalue weighted by atomic mass is 79.9. The monoisotopic (exact) mass is 329 g/mol. The number of nitrogens with one attached hydrogen (secondary N) is 1. The second kappa shape index (κ2) is 5.71. The number of hydrogen-bond acceptors (Lipinski definition) is 5. The number of esters is 1. The van der Waals surface area contributed by atoms with Gasteiger partial charge in [-0.3, -0.25) is 4.79 Å². The number of rotatable bonds is 4. The van der Waals surface area contributed by atoms with Crippen molar-refractivity contribution in [2.24, 2.45) is 0 Å². The Morgan fingerprint density at radius 1 is 1.61 bits per heavy atom. The lowest BCUT2D eigenvalue weighted by Gasteiger charge is -2.06. The zero-order valence-electron chi connectivity index (χ0n) is 9.94. The molecule has 0 fully saturated rings. The number of carbonyl (C=O) groups is 1. The van der Waals surface area contributed by atoms with E-state index in [-0.39, 0.29) is 17.8 Å². The standard InChI is InChI=1S/C11H12BrN3O2S/c1-6(2)17-9(16)5-18-11-14-8-3-7(12)4-13-10(8)15-11/h3-4,6H,5H2,1-2H3,(H,13,14,15). The Kier molecular flexibility index (Phi) is 4.23. The minimum absolute atomic E-state index is 0.0913. The van der Waals surface area contributed by atoms with Crippen molar-refractivity contribution < 1.29 is 9.53 Å². The maximum Gasteiger partial charge on any atom is 0.316 e. The quantitative estimate of drug-likeness (QED) is 0.690. The van der Waals surface area contributed by atoms with Crippen LogP contribution in [0.15, 0.2) is 21.9 Å². The SMILES string of the molecule is CC(C)OC(=O)CSc1nc2ncc(Br)cc2[nH]1. The predicted octanol–water partition coefficient (Wildman–Crippen LogP) is 2.76. The number of nitrogens with zero attached hydrogens (tertiary/aromatic N) is 2. The Hall–Kier alpha value is -1.08. The molecule has 2 rings (SSSR count). The number of hydrogen-bond donors (Lipinski definition) is 1. The van der Waals surface area contributed by atoms with Crippen molar-refractivity contribution in [3.05, 3.63) is 16.7 Å². The normalized spacial score (nSPS) is 11.1. The van der Waals surface area contributed by atoms with E-state index in [1.807, 2.05) is 19.9 Å². The van der Waals surface area contributed by atoms with Crippen molar-refractivity contribution in [1.29, 1.82) is 0 Å². The fourth-order valence-corrected chi connectivity index (χ4v) is 2.33. The van der Waals surface area contributed by atoms with Crippen LogP contribution < -0.4 is 0 Å². The Balaban J connectivity index is 2.02. The number of thioether (sulfide) groups is 1. The van der Waals surface area contributed by atoms with Gasteiger partial charge in [0.2, 0.25) is 0 Å². The molecule has 0 aromatic carbocycles. The van der Waals surface area contributed by atoms with Gasteiger partial charge in [0.05, 0.1) is 17.4 Å². The lowest BCUT2D eigenvalue weighted by Crippen LogP contribution is -2.13. The zero-order chi connectivity index (χ0) is 13.1. The van der Waals surface area contributed by atoms with E-state index < -0.39 is 0 Å². The van der Waals surface area contributed by atoms with Gasteiger partial charge in [0.15, 0.2) is 10.8 Å². The summed E-state index contributed by atoms with van der Waals surface area (Å²) in [7, 11) is 0. The molecule has 0 spiro atoms. The first-order chi connectivity index (χ1) is 8.54. The zero-order valence-corrected chi connectivity index (χ0v) is 12.3. The van der Waals surface area contributed by atoms with Gasteiger partial charge < -0.3 is 9.72 Å². The molecule has 0 atom stereocenters. The molecule has 1 N–H and O–H groups in total. The van der Waals surface area contributed by atoms with Gasteiger partial charge >= 0.3 is 5.97 Å². The van der Waals surface area contributed by atoms with Crippen LogP contribution in [-0.2, 0) is 9.53 Å². The molecule has 2 aromatic rings. The average molecular weight is 330 g/mol. The summed E-state index contributed by atoms with van der Waals surface area (Å²) in [5, 5.41) is 0.663. The van der Waals surface area contributed by atoms with Gasteiger partial charge in [0.1, 0.15) is 0 Å². The number of pyridine rings is 1. The van der Waals surface area contributed by atoms with Gasteiger partial charge in [0, 0.05) is 10.7 Å². The summed E-state index contributed by atoms with van der Waals surface area (Å²) in [5.41, 5.74) is 1.47. The maximum atomic E-state index is 11.4. The first kappa shape index (κ1) is 13.4. The number of ether oxygens (including phenoxy) is 1. The molecule has 0 aliphatic carbocycles. The Morgan fingerprint density at radius 3 is 3.11 bits per heavy atom. The van der Waals surface area contributed by atoms with Gasteiger partial charge in [-0.1, -0.05) is 11.8 Å². The summed E-state index contributed by atoms with van der Waals surface area (Å²) in [6.07, 6.45) is 1.59. The first-order valence-corrected chi connectivity index (χ1v) is 7.16. The average Bonchev–Trinajstić information content (AvgIpc) is 2.67. The Bertz CT molecular complexity index is 570. The lowest BCUT2D eigenvalue weighted by atomic mass is 10.4. The van der Waals surface area contributed by atoms with Gasteiger partial charge in [0.25, 0.3) is 0 Å². The van der Waals surface area contributed by atoms with Gasteiger partial charge in [-0.05, 0) is 35.8 Å². The van der Waals surface area contributed by atoms with E-state index in [0.717, 1.165) is 9.99 Å². The van der Waals surface area contributed by atoms with Gasteiger partial charge in [-0.15, -0.1) is 0 Å². The van der Waals surface area contributed by atoms with E-state index in [1.54, 1.807) is 6.20 Å². The molecular formula is C11H12BrN3O2S. The molecule has 0 amide bonds. The molecule has 7 heteroatoms. The van der Waals surface area contributed by atoms with E-state index in [4.69, 9.17) is 4.74 Å². The third kappa shape index (κ3) is 3.46. The van der Waals surface area contributed by atoms with Gasteiger partial charge in [-0.2, -0.15) is 0 Å². The van der Waals surface area contributed by atoms with Crippen LogP contribution in [-0.4, -0.2) is 32.8 Å². The summed E-state index contributed by atoms with van der Waals surface area (Å²) < 4.78 is 5.92. The number of imidazole rings is 1. The number of fused-ring (bicyclic) bond motifs is 1. The fraction of sp³-hybridized carbons (Fsp3) is 0.364. The second-order valence-corrected chi connectivity index (χ2v) is 5.77. The van der Waals surface area contributed by atoms with Gasteiger partial charge in [-0.25, -0.2) is 9.97 Å². The molecular weight excluding hydrogens is 318 g/mol. The van der Waals surface area contributed by atoms with Crippen LogP contribution in [0.4, 0.5) is 0 Å². The van der Waals surface area contributed by atoms with Crippen LogP contribution in [0.3, 0.4) is 0 Å². The third-order valence-corrected chi connectivity index (χ3v) is 3.26. The van der Waals surface area contributed by atoms with E-state index >= 15 is 0 Å². The molecule has 96 valence electrons. The summed E-state index contributed by atoms with van der Waals surface area (Å²) in [4.78, 5) is 22.9. The van der Waals surface area contributed by atoms with E-state index in [1.165, 1.54) is 11.8 Å². The molecule has 0 unspecified atom stereocenters. The van der Waals surface area contributed by atoms with Crippen molar-refractivity contribution in [3.63, 3.8) is 0 Å². The van der Waals surface area contributed by atoms with Crippen molar-refractivity contribution >= 4 is 44.8 Å².